The van der Waals surface area contributed by atoms with Crippen molar-refractivity contribution in [2.24, 2.45) is 5.92 Å². The number of carbonyl (C=O) groups is 1. The molecule has 0 N–H and O–H groups in total. The van der Waals surface area contributed by atoms with Gasteiger partial charge in [0.1, 0.15) is 11.3 Å². The van der Waals surface area contributed by atoms with E-state index in [2.05, 4.69) is 9.97 Å². The van der Waals surface area contributed by atoms with E-state index >= 15 is 0 Å². The van der Waals surface area contributed by atoms with Gasteiger partial charge in [-0.1, -0.05) is 35.1 Å². The lowest BCUT2D eigenvalue weighted by molar-refractivity contribution is -0.123. The molecule has 2 aromatic carbocycles. The highest BCUT2D eigenvalue weighted by atomic mass is 35.5. The van der Waals surface area contributed by atoms with Gasteiger partial charge in [0.15, 0.2) is 5.13 Å². The molecule has 5 rings (SSSR count). The highest BCUT2D eigenvalue weighted by Crippen LogP contribution is 2.35. The summed E-state index contributed by atoms with van der Waals surface area (Å²) in [6, 6.07) is 13.9. The maximum atomic E-state index is 13.9. The minimum atomic E-state index is -3.87. The van der Waals surface area contributed by atoms with Crippen molar-refractivity contribution in [2.75, 3.05) is 18.0 Å². The van der Waals surface area contributed by atoms with E-state index < -0.39 is 21.8 Å². The van der Waals surface area contributed by atoms with Gasteiger partial charge in [-0.2, -0.15) is 4.31 Å². The number of benzene rings is 2. The lowest BCUT2D eigenvalue weighted by atomic mass is 9.98. The fraction of sp³-hybridized carbons (Fsp3) is 0.240. The average Bonchev–Trinajstić information content (AvgIpc) is 3.33. The molecule has 1 aliphatic heterocycles. The van der Waals surface area contributed by atoms with Crippen LogP contribution < -0.4 is 4.90 Å². The summed E-state index contributed by atoms with van der Waals surface area (Å²) >= 11 is 7.69. The van der Waals surface area contributed by atoms with E-state index in [1.54, 1.807) is 29.4 Å². The first-order valence-electron chi connectivity index (χ1n) is 11.3. The number of fused-ring (bicyclic) bond motifs is 1. The van der Waals surface area contributed by atoms with Crippen LogP contribution >= 0.6 is 22.9 Å². The van der Waals surface area contributed by atoms with Gasteiger partial charge in [0.2, 0.25) is 15.9 Å². The second-order valence-electron chi connectivity index (χ2n) is 8.52. The topological polar surface area (TPSA) is 83.5 Å². The molecular weight excluding hydrogens is 523 g/mol. The zero-order valence-corrected chi connectivity index (χ0v) is 21.4. The highest BCUT2D eigenvalue weighted by molar-refractivity contribution is 7.89. The zero-order valence-electron chi connectivity index (χ0n) is 19.0. The number of hydrogen-bond acceptors (Lipinski definition) is 6. The number of pyridine rings is 1. The quantitative estimate of drug-likeness (QED) is 0.336. The van der Waals surface area contributed by atoms with Crippen LogP contribution in [0.15, 0.2) is 71.9 Å². The van der Waals surface area contributed by atoms with Gasteiger partial charge >= 0.3 is 0 Å². The molecule has 36 heavy (non-hydrogen) atoms. The maximum absolute atomic E-state index is 13.9. The Kier molecular flexibility index (Phi) is 7.03. The monoisotopic (exact) mass is 544 g/mol. The minimum Gasteiger partial charge on any atom is -0.283 e. The number of nitrogens with zero attached hydrogens (tertiary/aromatic N) is 4. The Balaban J connectivity index is 1.45. The van der Waals surface area contributed by atoms with Crippen LogP contribution in [0.1, 0.15) is 18.4 Å². The van der Waals surface area contributed by atoms with Crippen LogP contribution in [0.2, 0.25) is 5.02 Å². The van der Waals surface area contributed by atoms with Gasteiger partial charge in [-0.25, -0.2) is 17.8 Å². The molecule has 11 heteroatoms. The number of para-hydroxylation sites is 1. The first-order chi connectivity index (χ1) is 17.3. The van der Waals surface area contributed by atoms with Crippen LogP contribution in [0.25, 0.3) is 10.2 Å². The fourth-order valence-corrected chi connectivity index (χ4v) is 7.06. The molecule has 0 radical (unpaired) electrons. The lowest BCUT2D eigenvalue weighted by Crippen LogP contribution is -2.46. The molecule has 2 aromatic heterocycles. The maximum Gasteiger partial charge on any atom is 0.243 e. The molecule has 186 valence electrons. The first kappa shape index (κ1) is 24.8. The Hall–Kier alpha value is -2.92. The number of hydrogen-bond donors (Lipinski definition) is 0. The number of anilines is 1. The second-order valence-corrected chi connectivity index (χ2v) is 11.9. The highest BCUT2D eigenvalue weighted by Gasteiger charge is 2.36. The molecule has 0 aliphatic carbocycles. The summed E-state index contributed by atoms with van der Waals surface area (Å²) in [5, 5.41) is 0.989. The third kappa shape index (κ3) is 4.99. The molecule has 1 saturated heterocycles. The van der Waals surface area contributed by atoms with E-state index in [0.717, 1.165) is 22.4 Å². The number of aromatic nitrogens is 2. The van der Waals surface area contributed by atoms with E-state index in [1.807, 2.05) is 18.2 Å². The van der Waals surface area contributed by atoms with Crippen molar-refractivity contribution < 1.29 is 17.6 Å². The molecule has 0 bridgehead atoms. The third-order valence-corrected chi connectivity index (χ3v) is 9.33. The van der Waals surface area contributed by atoms with Gasteiger partial charge in [0, 0.05) is 25.5 Å². The van der Waals surface area contributed by atoms with Gasteiger partial charge in [0.05, 0.1) is 27.1 Å². The normalized spacial score (nSPS) is 16.8. The van der Waals surface area contributed by atoms with Crippen LogP contribution in [-0.2, 0) is 21.4 Å². The van der Waals surface area contributed by atoms with Crippen molar-refractivity contribution in [1.82, 2.24) is 14.3 Å². The van der Waals surface area contributed by atoms with Gasteiger partial charge in [-0.05, 0) is 60.9 Å². The molecule has 4 aromatic rings. The Morgan fingerprint density at radius 3 is 2.69 bits per heavy atom. The summed E-state index contributed by atoms with van der Waals surface area (Å²) in [4.78, 5) is 24.3. The Labute approximate surface area is 217 Å². The summed E-state index contributed by atoms with van der Waals surface area (Å²) < 4.78 is 41.9. The largest absolute Gasteiger partial charge is 0.283 e. The van der Waals surface area contributed by atoms with E-state index in [-0.39, 0.29) is 23.9 Å². The number of amides is 1. The van der Waals surface area contributed by atoms with Crippen molar-refractivity contribution in [1.29, 1.82) is 0 Å². The fourth-order valence-electron chi connectivity index (χ4n) is 4.27. The predicted molar refractivity (Wildman–Crippen MR) is 138 cm³/mol. The molecule has 7 nitrogen and oxygen atoms in total. The summed E-state index contributed by atoms with van der Waals surface area (Å²) in [5.41, 5.74) is 1.44. The van der Waals surface area contributed by atoms with Crippen molar-refractivity contribution in [3.63, 3.8) is 0 Å². The van der Waals surface area contributed by atoms with Crippen LogP contribution in [-0.4, -0.2) is 41.7 Å². The zero-order chi connectivity index (χ0) is 25.3. The lowest BCUT2D eigenvalue weighted by Gasteiger charge is -2.33. The van der Waals surface area contributed by atoms with Crippen molar-refractivity contribution >= 4 is 54.2 Å². The van der Waals surface area contributed by atoms with Crippen LogP contribution in [0.4, 0.5) is 9.52 Å². The van der Waals surface area contributed by atoms with Gasteiger partial charge in [0.25, 0.3) is 0 Å². The Morgan fingerprint density at radius 2 is 1.97 bits per heavy atom. The van der Waals surface area contributed by atoms with Crippen LogP contribution in [0, 0.1) is 11.7 Å². The summed E-state index contributed by atoms with van der Waals surface area (Å²) in [6.45, 7) is 0.571. The van der Waals surface area contributed by atoms with Crippen LogP contribution in [0.3, 0.4) is 0 Å². The van der Waals surface area contributed by atoms with E-state index in [9.17, 15) is 17.6 Å². The molecule has 1 aliphatic rings. The molecule has 3 heterocycles. The van der Waals surface area contributed by atoms with E-state index in [1.165, 1.54) is 27.8 Å². The Morgan fingerprint density at radius 1 is 1.17 bits per heavy atom. The predicted octanol–water partition coefficient (Wildman–Crippen LogP) is 5.12. The van der Waals surface area contributed by atoms with E-state index in [4.69, 9.17) is 11.6 Å². The smallest absolute Gasteiger partial charge is 0.243 e. The minimum absolute atomic E-state index is 0.00466. The van der Waals surface area contributed by atoms with Crippen LogP contribution in [0.5, 0.6) is 0 Å². The number of sulfonamides is 1. The second kappa shape index (κ2) is 10.2. The molecule has 0 saturated carbocycles. The molecule has 1 unspecified atom stereocenters. The van der Waals surface area contributed by atoms with E-state index in [0.29, 0.717) is 35.1 Å². The van der Waals surface area contributed by atoms with Crippen molar-refractivity contribution in [3.8, 4) is 0 Å². The third-order valence-electron chi connectivity index (χ3n) is 6.10. The van der Waals surface area contributed by atoms with Crippen molar-refractivity contribution in [2.45, 2.75) is 24.3 Å². The van der Waals surface area contributed by atoms with Gasteiger partial charge in [-0.3, -0.25) is 14.7 Å². The number of piperidine rings is 1. The summed E-state index contributed by atoms with van der Waals surface area (Å²) in [6.07, 6.45) is 4.42. The summed E-state index contributed by atoms with van der Waals surface area (Å²) in [7, 11) is -3.87. The first-order valence-corrected chi connectivity index (χ1v) is 14.0. The number of carbonyl (C=O) groups excluding carboxylic acids is 1. The number of thiazole rings is 1. The molecule has 1 fully saturated rings. The molecule has 1 amide bonds. The molecular formula is C25H22ClFN4O3S2. The summed E-state index contributed by atoms with van der Waals surface area (Å²) in [5.74, 6) is -1.29. The molecule has 1 atom stereocenters. The number of halogens is 2. The SMILES string of the molecule is O=C(C1CCCN(S(=O)(=O)c2ccc(F)cc2)C1)N(Cc1cccnc1)c1nc2c(Cl)cccc2s1. The standard InChI is InChI=1S/C25H22ClFN4O3S2/c26-21-6-1-7-22-23(21)29-25(35-22)31(15-17-4-2-12-28-14-17)24(32)18-5-3-13-30(16-18)36(33,34)20-10-8-19(27)9-11-20/h1-2,4,6-12,14,18H,3,5,13,15-16H2. The average molecular weight is 545 g/mol. The Bertz CT molecular complexity index is 1500. The molecule has 0 spiro atoms. The van der Waals surface area contributed by atoms with Gasteiger partial charge < -0.3 is 0 Å². The van der Waals surface area contributed by atoms with Crippen molar-refractivity contribution in [3.05, 3.63) is 83.4 Å². The van der Waals surface area contributed by atoms with Gasteiger partial charge in [-0.15, -0.1) is 0 Å². The number of rotatable bonds is 6.